The SMILES string of the molecule is Cc1c(C=O)c2ccccc2n1C[C@@H](O)CN1CCCC1. The minimum Gasteiger partial charge on any atom is -0.390 e. The molecule has 4 nitrogen and oxygen atoms in total. The van der Waals surface area contributed by atoms with Crippen LogP contribution in [0.1, 0.15) is 28.9 Å². The Morgan fingerprint density at radius 2 is 1.95 bits per heavy atom. The minimum atomic E-state index is -0.405. The van der Waals surface area contributed by atoms with Crippen molar-refractivity contribution in [1.29, 1.82) is 0 Å². The maximum Gasteiger partial charge on any atom is 0.152 e. The highest BCUT2D eigenvalue weighted by Crippen LogP contribution is 2.24. The molecule has 1 fully saturated rings. The van der Waals surface area contributed by atoms with E-state index < -0.39 is 6.10 Å². The van der Waals surface area contributed by atoms with E-state index in [2.05, 4.69) is 9.47 Å². The molecule has 0 aliphatic carbocycles. The quantitative estimate of drug-likeness (QED) is 0.857. The van der Waals surface area contributed by atoms with Gasteiger partial charge in [-0.25, -0.2) is 0 Å². The van der Waals surface area contributed by atoms with Crippen molar-refractivity contribution in [2.24, 2.45) is 0 Å². The van der Waals surface area contributed by atoms with E-state index >= 15 is 0 Å². The van der Waals surface area contributed by atoms with E-state index in [4.69, 9.17) is 0 Å². The van der Waals surface area contributed by atoms with Gasteiger partial charge in [0.1, 0.15) is 0 Å². The van der Waals surface area contributed by atoms with Gasteiger partial charge in [0, 0.05) is 28.7 Å². The van der Waals surface area contributed by atoms with E-state index in [1.165, 1.54) is 12.8 Å². The zero-order chi connectivity index (χ0) is 14.8. The van der Waals surface area contributed by atoms with E-state index in [9.17, 15) is 9.90 Å². The van der Waals surface area contributed by atoms with E-state index in [1.54, 1.807) is 0 Å². The molecule has 2 heterocycles. The Labute approximate surface area is 125 Å². The molecule has 1 N–H and O–H groups in total. The van der Waals surface area contributed by atoms with Crippen molar-refractivity contribution in [1.82, 2.24) is 9.47 Å². The van der Waals surface area contributed by atoms with Crippen LogP contribution in [-0.2, 0) is 6.54 Å². The average Bonchev–Trinajstić information content (AvgIpc) is 3.07. The number of carbonyl (C=O) groups excluding carboxylic acids is 1. The van der Waals surface area contributed by atoms with Gasteiger partial charge < -0.3 is 14.6 Å². The number of hydrogen-bond acceptors (Lipinski definition) is 3. The molecule has 1 atom stereocenters. The molecule has 1 aliphatic heterocycles. The lowest BCUT2D eigenvalue weighted by atomic mass is 10.1. The van der Waals surface area contributed by atoms with E-state index in [1.807, 2.05) is 31.2 Å². The van der Waals surface area contributed by atoms with Crippen LogP contribution in [0.15, 0.2) is 24.3 Å². The fourth-order valence-corrected chi connectivity index (χ4v) is 3.37. The Morgan fingerprint density at radius 1 is 1.24 bits per heavy atom. The number of carbonyl (C=O) groups is 1. The van der Waals surface area contributed by atoms with Crippen LogP contribution in [0.5, 0.6) is 0 Å². The molecular formula is C17H22N2O2. The third-order valence-electron chi connectivity index (χ3n) is 4.46. The van der Waals surface area contributed by atoms with Crippen molar-refractivity contribution in [3.8, 4) is 0 Å². The van der Waals surface area contributed by atoms with E-state index in [0.29, 0.717) is 13.1 Å². The van der Waals surface area contributed by atoms with E-state index in [0.717, 1.165) is 41.5 Å². The van der Waals surface area contributed by atoms with Gasteiger partial charge in [-0.1, -0.05) is 18.2 Å². The number of para-hydroxylation sites is 1. The van der Waals surface area contributed by atoms with Gasteiger partial charge in [0.25, 0.3) is 0 Å². The maximum absolute atomic E-state index is 11.3. The molecule has 21 heavy (non-hydrogen) atoms. The Bertz CT molecular complexity index is 642. The molecule has 1 saturated heterocycles. The molecule has 1 aliphatic rings. The summed E-state index contributed by atoms with van der Waals surface area (Å²) in [6, 6.07) is 7.90. The zero-order valence-corrected chi connectivity index (χ0v) is 12.5. The van der Waals surface area contributed by atoms with Crippen LogP contribution in [0.4, 0.5) is 0 Å². The Hall–Kier alpha value is -1.65. The molecule has 1 aromatic carbocycles. The van der Waals surface area contributed by atoms with Gasteiger partial charge in [-0.3, -0.25) is 4.79 Å². The number of benzene rings is 1. The van der Waals surface area contributed by atoms with Crippen molar-refractivity contribution in [3.63, 3.8) is 0 Å². The first-order valence-corrected chi connectivity index (χ1v) is 7.64. The standard InChI is InChI=1S/C17H22N2O2/c1-13-16(12-20)15-6-2-3-7-17(15)19(13)11-14(21)10-18-8-4-5-9-18/h2-3,6-7,12,14,21H,4-5,8-11H2,1H3/t14-/m0/s1. The van der Waals surface area contributed by atoms with Gasteiger partial charge >= 0.3 is 0 Å². The van der Waals surface area contributed by atoms with Crippen LogP contribution >= 0.6 is 0 Å². The van der Waals surface area contributed by atoms with Crippen molar-refractivity contribution in [2.45, 2.75) is 32.4 Å². The Kier molecular flexibility index (Phi) is 4.08. The summed E-state index contributed by atoms with van der Waals surface area (Å²) in [5.41, 5.74) is 2.70. The Balaban J connectivity index is 1.85. The van der Waals surface area contributed by atoms with Crippen molar-refractivity contribution in [3.05, 3.63) is 35.5 Å². The highest BCUT2D eigenvalue weighted by Gasteiger charge is 2.19. The number of aldehydes is 1. The van der Waals surface area contributed by atoms with E-state index in [-0.39, 0.29) is 0 Å². The van der Waals surface area contributed by atoms with Gasteiger partial charge in [-0.2, -0.15) is 0 Å². The number of aliphatic hydroxyl groups excluding tert-OH is 1. The number of aliphatic hydroxyl groups is 1. The fourth-order valence-electron chi connectivity index (χ4n) is 3.37. The van der Waals surface area contributed by atoms with Crippen LogP contribution < -0.4 is 0 Å². The number of β-amino-alcohol motifs (C(OH)–C–C–N with tert-alkyl or cyclic N) is 1. The first-order chi connectivity index (χ1) is 10.2. The topological polar surface area (TPSA) is 45.5 Å². The van der Waals surface area contributed by atoms with Crippen LogP contribution in [0.2, 0.25) is 0 Å². The van der Waals surface area contributed by atoms with Gasteiger partial charge in [0.05, 0.1) is 12.6 Å². The lowest BCUT2D eigenvalue weighted by Crippen LogP contribution is -2.32. The molecule has 0 spiro atoms. The number of aromatic nitrogens is 1. The molecule has 2 aromatic rings. The molecule has 0 amide bonds. The smallest absolute Gasteiger partial charge is 0.152 e. The van der Waals surface area contributed by atoms with Crippen LogP contribution in [0, 0.1) is 6.92 Å². The highest BCUT2D eigenvalue weighted by atomic mass is 16.3. The largest absolute Gasteiger partial charge is 0.390 e. The lowest BCUT2D eigenvalue weighted by molar-refractivity contribution is 0.109. The number of nitrogens with zero attached hydrogens (tertiary/aromatic N) is 2. The number of rotatable bonds is 5. The lowest BCUT2D eigenvalue weighted by Gasteiger charge is -2.20. The van der Waals surface area contributed by atoms with Gasteiger partial charge in [-0.15, -0.1) is 0 Å². The van der Waals surface area contributed by atoms with Gasteiger partial charge in [0.15, 0.2) is 6.29 Å². The summed E-state index contributed by atoms with van der Waals surface area (Å²) in [5.74, 6) is 0. The number of fused-ring (bicyclic) bond motifs is 1. The molecule has 3 rings (SSSR count). The van der Waals surface area contributed by atoms with Crippen LogP contribution in [0.3, 0.4) is 0 Å². The molecule has 4 heteroatoms. The maximum atomic E-state index is 11.3. The third-order valence-corrected chi connectivity index (χ3v) is 4.46. The van der Waals surface area contributed by atoms with Crippen molar-refractivity contribution < 1.29 is 9.90 Å². The second-order valence-electron chi connectivity index (χ2n) is 5.91. The monoisotopic (exact) mass is 286 g/mol. The third kappa shape index (κ3) is 2.74. The summed E-state index contributed by atoms with van der Waals surface area (Å²) in [4.78, 5) is 13.6. The van der Waals surface area contributed by atoms with Crippen LogP contribution in [-0.4, -0.2) is 46.6 Å². The van der Waals surface area contributed by atoms with Gasteiger partial charge in [-0.05, 0) is 38.9 Å². The van der Waals surface area contributed by atoms with Crippen molar-refractivity contribution in [2.75, 3.05) is 19.6 Å². The summed E-state index contributed by atoms with van der Waals surface area (Å²) in [5, 5.41) is 11.3. The average molecular weight is 286 g/mol. The second kappa shape index (κ2) is 6.00. The van der Waals surface area contributed by atoms with Gasteiger partial charge in [0.2, 0.25) is 0 Å². The summed E-state index contributed by atoms with van der Waals surface area (Å²) in [7, 11) is 0. The molecule has 0 unspecified atom stereocenters. The van der Waals surface area contributed by atoms with Crippen LogP contribution in [0.25, 0.3) is 10.9 Å². The summed E-state index contributed by atoms with van der Waals surface area (Å²) < 4.78 is 2.07. The molecule has 112 valence electrons. The number of hydrogen-bond donors (Lipinski definition) is 1. The molecule has 1 aromatic heterocycles. The first-order valence-electron chi connectivity index (χ1n) is 7.64. The normalized spacial score (nSPS) is 17.4. The minimum absolute atomic E-state index is 0.405. The zero-order valence-electron chi connectivity index (χ0n) is 12.5. The summed E-state index contributed by atoms with van der Waals surface area (Å²) >= 11 is 0. The first kappa shape index (κ1) is 14.3. The second-order valence-corrected chi connectivity index (χ2v) is 5.91. The molecule has 0 bridgehead atoms. The predicted octanol–water partition coefficient (Wildman–Crippen LogP) is 2.22. The summed E-state index contributed by atoms with van der Waals surface area (Å²) in [6.45, 7) is 5.37. The summed E-state index contributed by atoms with van der Waals surface area (Å²) in [6.07, 6.45) is 2.97. The molecule has 0 radical (unpaired) electrons. The Morgan fingerprint density at radius 3 is 2.67 bits per heavy atom. The predicted molar refractivity (Wildman–Crippen MR) is 83.7 cm³/mol. The molecular weight excluding hydrogens is 264 g/mol. The highest BCUT2D eigenvalue weighted by molar-refractivity contribution is 5.99. The van der Waals surface area contributed by atoms with Crippen molar-refractivity contribution >= 4 is 17.2 Å². The number of likely N-dealkylation sites (tertiary alicyclic amines) is 1. The molecule has 0 saturated carbocycles. The fraction of sp³-hybridized carbons (Fsp3) is 0.471.